The third kappa shape index (κ3) is 2.30. The third-order valence-corrected chi connectivity index (χ3v) is 4.59. The number of aromatic amines is 3. The van der Waals surface area contributed by atoms with Gasteiger partial charge in [0.2, 0.25) is 0 Å². The van der Waals surface area contributed by atoms with Crippen LogP contribution in [0.5, 0.6) is 0 Å². The van der Waals surface area contributed by atoms with Gasteiger partial charge >= 0.3 is 0 Å². The molecule has 0 bridgehead atoms. The molecule has 0 amide bonds. The SMILES string of the molecule is C=c1nns/c1=c1\[nH][nH]c(=O)\c1=C/c1c[nH]c2ccc(Cl)cc12. The molecule has 0 spiro atoms. The van der Waals surface area contributed by atoms with Gasteiger partial charge in [-0.3, -0.25) is 15.0 Å². The van der Waals surface area contributed by atoms with E-state index in [1.807, 2.05) is 24.4 Å². The Bertz CT molecular complexity index is 1280. The van der Waals surface area contributed by atoms with Crippen LogP contribution in [0.25, 0.3) is 23.6 Å². The highest BCUT2D eigenvalue weighted by molar-refractivity contribution is 7.03. The van der Waals surface area contributed by atoms with Crippen LogP contribution in [-0.4, -0.2) is 24.8 Å². The summed E-state index contributed by atoms with van der Waals surface area (Å²) >= 11 is 7.26. The number of H-pyrrole nitrogens is 3. The molecule has 0 fully saturated rings. The van der Waals surface area contributed by atoms with E-state index in [0.29, 0.717) is 20.9 Å². The molecule has 4 aromatic rings. The van der Waals surface area contributed by atoms with Crippen molar-refractivity contribution in [3.8, 4) is 0 Å². The Hall–Kier alpha value is -2.64. The van der Waals surface area contributed by atoms with Crippen LogP contribution >= 0.6 is 23.1 Å². The molecule has 8 heteroatoms. The molecule has 0 aliphatic carbocycles. The van der Waals surface area contributed by atoms with Crippen LogP contribution < -0.4 is 16.1 Å². The monoisotopic (exact) mass is 343 g/mol. The Balaban J connectivity index is 2.14. The van der Waals surface area contributed by atoms with E-state index in [1.54, 1.807) is 6.08 Å². The molecule has 0 atom stereocenters. The minimum atomic E-state index is -0.218. The molecule has 0 saturated heterocycles. The van der Waals surface area contributed by atoms with Crippen molar-refractivity contribution in [1.82, 2.24) is 24.8 Å². The molecule has 114 valence electrons. The van der Waals surface area contributed by atoms with Gasteiger partial charge in [-0.25, -0.2) is 0 Å². The van der Waals surface area contributed by atoms with Gasteiger partial charge in [0.25, 0.3) is 5.56 Å². The lowest BCUT2D eigenvalue weighted by Gasteiger charge is -1.92. The second-order valence-corrected chi connectivity index (χ2v) is 6.19. The van der Waals surface area contributed by atoms with Crippen molar-refractivity contribution in [3.05, 3.63) is 65.8 Å². The number of fused-ring (bicyclic) bond motifs is 1. The molecule has 3 N–H and O–H groups in total. The number of nitrogens with zero attached hydrogens (tertiary/aromatic N) is 2. The van der Waals surface area contributed by atoms with Gasteiger partial charge in [-0.1, -0.05) is 22.7 Å². The lowest BCUT2D eigenvalue weighted by molar-refractivity contribution is 1.03. The van der Waals surface area contributed by atoms with E-state index in [0.717, 1.165) is 21.0 Å². The maximum Gasteiger partial charge on any atom is 0.271 e. The predicted molar refractivity (Wildman–Crippen MR) is 90.6 cm³/mol. The van der Waals surface area contributed by atoms with Crippen LogP contribution in [0.2, 0.25) is 5.02 Å². The third-order valence-electron chi connectivity index (χ3n) is 3.57. The zero-order valence-corrected chi connectivity index (χ0v) is 13.3. The number of benzene rings is 1. The fourth-order valence-corrected chi connectivity index (χ4v) is 3.26. The molecule has 6 nitrogen and oxygen atoms in total. The first-order valence-corrected chi connectivity index (χ1v) is 7.85. The Kier molecular flexibility index (Phi) is 3.17. The summed E-state index contributed by atoms with van der Waals surface area (Å²) in [5.74, 6) is 0. The van der Waals surface area contributed by atoms with Crippen molar-refractivity contribution < 1.29 is 0 Å². The molecular weight excluding hydrogens is 334 g/mol. The number of aromatic nitrogens is 5. The van der Waals surface area contributed by atoms with E-state index in [4.69, 9.17) is 11.6 Å². The standard InChI is InChI=1S/C15H10ClN5OS/c1-7-14(23-21-18-7)13-11(15(22)20-19-13)4-8-6-17-12-3-2-9(16)5-10(8)12/h2-6,17,19H,1H2,(H,20,22)/b11-4-,14-13-. The van der Waals surface area contributed by atoms with Gasteiger partial charge < -0.3 is 4.98 Å². The van der Waals surface area contributed by atoms with Crippen molar-refractivity contribution in [2.24, 2.45) is 0 Å². The Morgan fingerprint density at radius 2 is 2.17 bits per heavy atom. The molecule has 0 saturated carbocycles. The highest BCUT2D eigenvalue weighted by Gasteiger charge is 2.04. The van der Waals surface area contributed by atoms with Gasteiger partial charge in [-0.05, 0) is 35.8 Å². The van der Waals surface area contributed by atoms with E-state index in [1.165, 1.54) is 11.5 Å². The molecule has 0 radical (unpaired) electrons. The van der Waals surface area contributed by atoms with Gasteiger partial charge in [0.1, 0.15) is 9.88 Å². The minimum absolute atomic E-state index is 0.218. The first-order chi connectivity index (χ1) is 11.1. The average Bonchev–Trinajstić information content (AvgIpc) is 3.21. The van der Waals surface area contributed by atoms with E-state index in [-0.39, 0.29) is 5.56 Å². The van der Waals surface area contributed by atoms with Crippen LogP contribution in [0, 0.1) is 9.88 Å². The van der Waals surface area contributed by atoms with Crippen LogP contribution in [0.15, 0.2) is 29.2 Å². The molecule has 3 heterocycles. The lowest BCUT2D eigenvalue weighted by Crippen LogP contribution is -2.22. The zero-order valence-electron chi connectivity index (χ0n) is 11.7. The Morgan fingerprint density at radius 3 is 2.96 bits per heavy atom. The quantitative estimate of drug-likeness (QED) is 0.485. The fraction of sp³-hybridized carbons (Fsp3) is 0. The molecule has 0 aliphatic heterocycles. The lowest BCUT2D eigenvalue weighted by atomic mass is 10.1. The number of nitrogens with one attached hydrogen (secondary N) is 3. The van der Waals surface area contributed by atoms with Crippen LogP contribution in [0.1, 0.15) is 5.56 Å². The summed E-state index contributed by atoms with van der Waals surface area (Å²) in [6.07, 6.45) is 3.65. The van der Waals surface area contributed by atoms with Crippen LogP contribution in [0.4, 0.5) is 0 Å². The molecule has 1 aromatic carbocycles. The summed E-state index contributed by atoms with van der Waals surface area (Å²) < 4.78 is 4.59. The summed E-state index contributed by atoms with van der Waals surface area (Å²) in [7, 11) is 0. The molecule has 23 heavy (non-hydrogen) atoms. The summed E-state index contributed by atoms with van der Waals surface area (Å²) in [5, 5.41) is 12.6. The van der Waals surface area contributed by atoms with E-state index < -0.39 is 0 Å². The first-order valence-electron chi connectivity index (χ1n) is 6.70. The summed E-state index contributed by atoms with van der Waals surface area (Å²) in [6, 6.07) is 5.58. The number of hydrogen-bond donors (Lipinski definition) is 3. The molecule has 0 unspecified atom stereocenters. The van der Waals surface area contributed by atoms with E-state index >= 15 is 0 Å². The number of halogens is 1. The van der Waals surface area contributed by atoms with E-state index in [2.05, 4.69) is 31.3 Å². The van der Waals surface area contributed by atoms with Crippen molar-refractivity contribution in [1.29, 1.82) is 0 Å². The van der Waals surface area contributed by atoms with Crippen molar-refractivity contribution in [3.63, 3.8) is 0 Å². The Labute approximate surface area is 137 Å². The van der Waals surface area contributed by atoms with Gasteiger partial charge in [0.15, 0.2) is 0 Å². The van der Waals surface area contributed by atoms with Crippen LogP contribution in [0.3, 0.4) is 0 Å². The van der Waals surface area contributed by atoms with Crippen molar-refractivity contribution in [2.45, 2.75) is 0 Å². The zero-order chi connectivity index (χ0) is 16.0. The Morgan fingerprint density at radius 1 is 1.30 bits per heavy atom. The normalized spacial score (nSPS) is 13.9. The summed E-state index contributed by atoms with van der Waals surface area (Å²) in [6.45, 7) is 3.83. The first kappa shape index (κ1) is 14.0. The smallest absolute Gasteiger partial charge is 0.271 e. The second kappa shape index (κ2) is 5.22. The molecule has 4 rings (SSSR count). The largest absolute Gasteiger partial charge is 0.361 e. The van der Waals surface area contributed by atoms with E-state index in [9.17, 15) is 4.79 Å². The minimum Gasteiger partial charge on any atom is -0.361 e. The van der Waals surface area contributed by atoms with Gasteiger partial charge in [0.05, 0.1) is 10.6 Å². The predicted octanol–water partition coefficient (Wildman–Crippen LogP) is 1.22. The summed E-state index contributed by atoms with van der Waals surface area (Å²) in [5.41, 5.74) is 1.60. The van der Waals surface area contributed by atoms with Gasteiger partial charge in [0, 0.05) is 27.7 Å². The highest BCUT2D eigenvalue weighted by Crippen LogP contribution is 2.22. The van der Waals surface area contributed by atoms with Crippen molar-refractivity contribution >= 4 is 46.7 Å². The summed E-state index contributed by atoms with van der Waals surface area (Å²) in [4.78, 5) is 15.3. The molecule has 3 aromatic heterocycles. The highest BCUT2D eigenvalue weighted by atomic mass is 35.5. The van der Waals surface area contributed by atoms with Gasteiger partial charge in [-0.2, -0.15) is 0 Å². The number of rotatable bonds is 1. The number of hydrogen-bond acceptors (Lipinski definition) is 4. The maximum absolute atomic E-state index is 12.2. The molecule has 0 aliphatic rings. The van der Waals surface area contributed by atoms with Crippen molar-refractivity contribution in [2.75, 3.05) is 0 Å². The van der Waals surface area contributed by atoms with Crippen LogP contribution in [-0.2, 0) is 0 Å². The van der Waals surface area contributed by atoms with Gasteiger partial charge in [-0.15, -0.1) is 5.10 Å². The molecular formula is C15H10ClN5OS. The maximum atomic E-state index is 12.2. The average molecular weight is 344 g/mol. The fourth-order valence-electron chi connectivity index (χ4n) is 2.47. The second-order valence-electron chi connectivity index (χ2n) is 4.99. The topological polar surface area (TPSA) is 90.2 Å².